The minimum Gasteiger partial charge on any atom is -0.357 e. The number of nitrogens with zero attached hydrogens (tertiary/aromatic N) is 5. The Labute approximate surface area is 148 Å². The first kappa shape index (κ1) is 17.5. The molecule has 2 heterocycles. The summed E-state index contributed by atoms with van der Waals surface area (Å²) < 4.78 is 0. The summed E-state index contributed by atoms with van der Waals surface area (Å²) in [5.74, 6) is -0.521. The summed E-state index contributed by atoms with van der Waals surface area (Å²) in [6.45, 7) is -0.0487. The van der Waals surface area contributed by atoms with Crippen molar-refractivity contribution in [1.29, 1.82) is 0 Å². The molecular formula is C15H18N8O3. The minimum atomic E-state index is -1.17. The van der Waals surface area contributed by atoms with Crippen LogP contribution in [0.5, 0.6) is 0 Å². The van der Waals surface area contributed by atoms with Crippen molar-refractivity contribution in [2.75, 3.05) is 13.6 Å². The van der Waals surface area contributed by atoms with Gasteiger partial charge in [-0.3, -0.25) is 19.4 Å². The van der Waals surface area contributed by atoms with E-state index in [4.69, 9.17) is 0 Å². The van der Waals surface area contributed by atoms with E-state index in [-0.39, 0.29) is 24.1 Å². The fraction of sp³-hybridized carbons (Fsp3) is 0.400. The highest BCUT2D eigenvalue weighted by atomic mass is 16.2. The molecule has 0 radical (unpaired) electrons. The quantitative estimate of drug-likeness (QED) is 0.483. The lowest BCUT2D eigenvalue weighted by atomic mass is 9.91. The zero-order chi connectivity index (χ0) is 18.6. The molecule has 0 bridgehead atoms. The van der Waals surface area contributed by atoms with E-state index >= 15 is 0 Å². The minimum absolute atomic E-state index is 0.0248. The first-order valence-electron chi connectivity index (χ1n) is 8.01. The molecule has 2 aromatic heterocycles. The van der Waals surface area contributed by atoms with Gasteiger partial charge in [-0.1, -0.05) is 0 Å². The number of rotatable bonds is 8. The second-order valence-corrected chi connectivity index (χ2v) is 5.85. The molecular weight excluding hydrogens is 340 g/mol. The number of hydrogen-bond donors (Lipinski definition) is 3. The first-order valence-corrected chi connectivity index (χ1v) is 8.01. The largest absolute Gasteiger partial charge is 0.357 e. The molecule has 1 fully saturated rings. The highest BCUT2D eigenvalue weighted by Crippen LogP contribution is 2.39. The standard InChI is InChI=1S/C15H18N8O3/c1-16-14(26)15(20-9-24,10-2-3-10)8-19-13(25)11-6-21-23(22-11)12-7-17-4-5-18-12/h4-7,9-10H,2-3,8H2,1H3,(H,16,26)(H,19,25)(H,20,24). The molecule has 1 aliphatic rings. The second kappa shape index (κ2) is 7.25. The van der Waals surface area contributed by atoms with Crippen LogP contribution in [0, 0.1) is 5.92 Å². The summed E-state index contributed by atoms with van der Waals surface area (Å²) in [5.41, 5.74) is -1.11. The van der Waals surface area contributed by atoms with Crippen molar-refractivity contribution >= 4 is 18.2 Å². The van der Waals surface area contributed by atoms with E-state index in [0.717, 1.165) is 12.8 Å². The van der Waals surface area contributed by atoms with Crippen LogP contribution in [0.25, 0.3) is 5.82 Å². The van der Waals surface area contributed by atoms with Crippen molar-refractivity contribution in [3.8, 4) is 5.82 Å². The predicted octanol–water partition coefficient (Wildman–Crippen LogP) is -1.57. The molecule has 1 aliphatic carbocycles. The third-order valence-corrected chi connectivity index (χ3v) is 4.23. The van der Waals surface area contributed by atoms with Crippen LogP contribution in [0.2, 0.25) is 0 Å². The molecule has 2 aromatic rings. The highest BCUT2D eigenvalue weighted by Gasteiger charge is 2.50. The van der Waals surface area contributed by atoms with Crippen LogP contribution in [0.4, 0.5) is 0 Å². The van der Waals surface area contributed by atoms with E-state index < -0.39 is 11.4 Å². The predicted molar refractivity (Wildman–Crippen MR) is 88.0 cm³/mol. The van der Waals surface area contributed by atoms with Gasteiger partial charge in [-0.05, 0) is 18.8 Å². The molecule has 0 spiro atoms. The van der Waals surface area contributed by atoms with Gasteiger partial charge in [0.15, 0.2) is 11.5 Å². The molecule has 11 heteroatoms. The van der Waals surface area contributed by atoms with Gasteiger partial charge in [0.05, 0.1) is 18.9 Å². The summed E-state index contributed by atoms with van der Waals surface area (Å²) in [5, 5.41) is 15.8. The SMILES string of the molecule is CNC(=O)C(CNC(=O)c1cnn(-c2cnccn2)n1)(NC=O)C1CC1. The fourth-order valence-electron chi connectivity index (χ4n) is 2.73. The van der Waals surface area contributed by atoms with Crippen LogP contribution in [-0.4, -0.2) is 62.3 Å². The van der Waals surface area contributed by atoms with E-state index in [9.17, 15) is 14.4 Å². The lowest BCUT2D eigenvalue weighted by Gasteiger charge is -2.31. The van der Waals surface area contributed by atoms with Crippen LogP contribution in [0.1, 0.15) is 23.3 Å². The number of carbonyl (C=O) groups is 3. The van der Waals surface area contributed by atoms with Gasteiger partial charge in [0.2, 0.25) is 12.3 Å². The Morgan fingerprint density at radius 3 is 2.77 bits per heavy atom. The zero-order valence-electron chi connectivity index (χ0n) is 14.0. The normalized spacial score (nSPS) is 15.6. The number of likely N-dealkylation sites (N-methyl/N-ethyl adjacent to an activating group) is 1. The molecule has 3 rings (SSSR count). The van der Waals surface area contributed by atoms with Crippen molar-refractivity contribution in [3.63, 3.8) is 0 Å². The fourth-order valence-corrected chi connectivity index (χ4v) is 2.73. The van der Waals surface area contributed by atoms with Crippen LogP contribution in [-0.2, 0) is 9.59 Å². The van der Waals surface area contributed by atoms with Gasteiger partial charge in [-0.15, -0.1) is 9.90 Å². The Morgan fingerprint density at radius 1 is 1.35 bits per heavy atom. The van der Waals surface area contributed by atoms with Gasteiger partial charge in [0.1, 0.15) is 5.54 Å². The second-order valence-electron chi connectivity index (χ2n) is 5.85. The van der Waals surface area contributed by atoms with E-state index in [0.29, 0.717) is 12.2 Å². The number of nitrogens with one attached hydrogen (secondary N) is 3. The topological polar surface area (TPSA) is 144 Å². The maximum atomic E-state index is 12.4. The number of amides is 3. The summed E-state index contributed by atoms with van der Waals surface area (Å²) >= 11 is 0. The molecule has 11 nitrogen and oxygen atoms in total. The Morgan fingerprint density at radius 2 is 2.15 bits per heavy atom. The molecule has 1 saturated carbocycles. The molecule has 0 aromatic carbocycles. The van der Waals surface area contributed by atoms with Gasteiger partial charge >= 0.3 is 0 Å². The maximum Gasteiger partial charge on any atom is 0.273 e. The smallest absolute Gasteiger partial charge is 0.273 e. The lowest BCUT2D eigenvalue weighted by Crippen LogP contribution is -2.63. The molecule has 136 valence electrons. The Balaban J connectivity index is 1.72. The van der Waals surface area contributed by atoms with E-state index in [1.165, 1.54) is 36.6 Å². The summed E-state index contributed by atoms with van der Waals surface area (Å²) in [6, 6.07) is 0. The zero-order valence-corrected chi connectivity index (χ0v) is 14.0. The summed E-state index contributed by atoms with van der Waals surface area (Å²) in [6.07, 6.45) is 7.81. The maximum absolute atomic E-state index is 12.4. The van der Waals surface area contributed by atoms with Crippen molar-refractivity contribution in [2.24, 2.45) is 5.92 Å². The number of carbonyl (C=O) groups excluding carboxylic acids is 3. The molecule has 26 heavy (non-hydrogen) atoms. The first-order chi connectivity index (χ1) is 12.6. The number of hydrogen-bond acceptors (Lipinski definition) is 7. The summed E-state index contributed by atoms with van der Waals surface area (Å²) in [4.78, 5) is 44.8. The summed E-state index contributed by atoms with van der Waals surface area (Å²) in [7, 11) is 1.49. The molecule has 3 amide bonds. The lowest BCUT2D eigenvalue weighted by molar-refractivity contribution is -0.130. The van der Waals surface area contributed by atoms with Crippen LogP contribution in [0.3, 0.4) is 0 Å². The third-order valence-electron chi connectivity index (χ3n) is 4.23. The van der Waals surface area contributed by atoms with E-state index in [2.05, 4.69) is 36.1 Å². The molecule has 0 aliphatic heterocycles. The van der Waals surface area contributed by atoms with E-state index in [1.54, 1.807) is 0 Å². The average molecular weight is 358 g/mol. The molecule has 1 atom stereocenters. The molecule has 3 N–H and O–H groups in total. The van der Waals surface area contributed by atoms with E-state index in [1.807, 2.05) is 0 Å². The van der Waals surface area contributed by atoms with Gasteiger partial charge in [-0.2, -0.15) is 5.10 Å². The Hall–Kier alpha value is -3.37. The van der Waals surface area contributed by atoms with Gasteiger partial charge < -0.3 is 16.0 Å². The average Bonchev–Trinajstić information content (AvgIpc) is 3.41. The van der Waals surface area contributed by atoms with Crippen LogP contribution in [0.15, 0.2) is 24.8 Å². The van der Waals surface area contributed by atoms with Crippen LogP contribution < -0.4 is 16.0 Å². The molecule has 1 unspecified atom stereocenters. The Bertz CT molecular complexity index is 804. The van der Waals surface area contributed by atoms with Crippen LogP contribution >= 0.6 is 0 Å². The monoisotopic (exact) mass is 358 g/mol. The number of aromatic nitrogens is 5. The molecule has 0 saturated heterocycles. The highest BCUT2D eigenvalue weighted by molar-refractivity contribution is 5.94. The third kappa shape index (κ3) is 3.36. The van der Waals surface area contributed by atoms with Crippen molar-refractivity contribution < 1.29 is 14.4 Å². The van der Waals surface area contributed by atoms with Crippen molar-refractivity contribution in [3.05, 3.63) is 30.5 Å². The van der Waals surface area contributed by atoms with Crippen molar-refractivity contribution in [1.82, 2.24) is 40.9 Å². The van der Waals surface area contributed by atoms with Crippen molar-refractivity contribution in [2.45, 2.75) is 18.4 Å². The van der Waals surface area contributed by atoms with Gasteiger partial charge in [-0.25, -0.2) is 4.98 Å². The van der Waals surface area contributed by atoms with Gasteiger partial charge in [0, 0.05) is 19.4 Å². The Kier molecular flexibility index (Phi) is 4.87. The van der Waals surface area contributed by atoms with Gasteiger partial charge in [0.25, 0.3) is 5.91 Å².